The van der Waals surface area contributed by atoms with Crippen molar-refractivity contribution in [3.8, 4) is 23.0 Å². The van der Waals surface area contributed by atoms with Crippen LogP contribution in [0.4, 0.5) is 0 Å². The first-order valence-corrected chi connectivity index (χ1v) is 8.87. The number of methoxy groups -OCH3 is 2. The lowest BCUT2D eigenvalue weighted by molar-refractivity contribution is 0.256. The van der Waals surface area contributed by atoms with Gasteiger partial charge in [-0.15, -0.1) is 0 Å². The van der Waals surface area contributed by atoms with Crippen LogP contribution in [0.3, 0.4) is 0 Å². The van der Waals surface area contributed by atoms with Gasteiger partial charge in [0.1, 0.15) is 24.7 Å². The molecule has 0 aliphatic carbocycles. The van der Waals surface area contributed by atoms with Crippen molar-refractivity contribution >= 4 is 11.6 Å². The van der Waals surface area contributed by atoms with Gasteiger partial charge >= 0.3 is 0 Å². The van der Waals surface area contributed by atoms with Crippen LogP contribution in [0.1, 0.15) is 11.1 Å². The van der Waals surface area contributed by atoms with E-state index < -0.39 is 0 Å². The molecular weight excluding hydrogens is 364 g/mol. The predicted octanol–water partition coefficient (Wildman–Crippen LogP) is 5.52. The van der Waals surface area contributed by atoms with Crippen LogP contribution in [0.15, 0.2) is 66.7 Å². The molecule has 0 unspecified atom stereocenters. The molecular formula is C22H21ClO4. The Labute approximate surface area is 164 Å². The van der Waals surface area contributed by atoms with E-state index in [-0.39, 0.29) is 0 Å². The first kappa shape index (κ1) is 18.9. The van der Waals surface area contributed by atoms with E-state index in [1.807, 2.05) is 54.6 Å². The van der Waals surface area contributed by atoms with Crippen LogP contribution < -0.4 is 18.9 Å². The normalized spacial score (nSPS) is 10.3. The van der Waals surface area contributed by atoms with Gasteiger partial charge in [0, 0.05) is 11.1 Å². The summed E-state index contributed by atoms with van der Waals surface area (Å²) in [4.78, 5) is 0. The minimum Gasteiger partial charge on any atom is -0.497 e. The SMILES string of the molecule is COc1ccc(COc2ccc(Cl)cc2OCc2ccc(OC)cc2)cc1. The molecule has 0 heterocycles. The summed E-state index contributed by atoms with van der Waals surface area (Å²) >= 11 is 6.12. The maximum absolute atomic E-state index is 6.12. The van der Waals surface area contributed by atoms with Gasteiger partial charge in [0.05, 0.1) is 14.2 Å². The maximum atomic E-state index is 6.12. The average Bonchev–Trinajstić information content (AvgIpc) is 2.72. The minimum absolute atomic E-state index is 0.406. The molecule has 0 aromatic heterocycles. The number of halogens is 1. The van der Waals surface area contributed by atoms with Crippen LogP contribution in [-0.4, -0.2) is 14.2 Å². The lowest BCUT2D eigenvalue weighted by atomic mass is 10.2. The molecule has 0 amide bonds. The molecule has 3 aromatic carbocycles. The lowest BCUT2D eigenvalue weighted by Crippen LogP contribution is -2.00. The van der Waals surface area contributed by atoms with Crippen LogP contribution in [-0.2, 0) is 13.2 Å². The number of hydrogen-bond donors (Lipinski definition) is 0. The summed E-state index contributed by atoms with van der Waals surface area (Å²) in [6.07, 6.45) is 0. The van der Waals surface area contributed by atoms with Crippen molar-refractivity contribution in [3.05, 3.63) is 82.9 Å². The number of rotatable bonds is 8. The molecule has 0 radical (unpaired) electrons. The smallest absolute Gasteiger partial charge is 0.163 e. The van der Waals surface area contributed by atoms with E-state index in [2.05, 4.69) is 0 Å². The van der Waals surface area contributed by atoms with Gasteiger partial charge in [-0.2, -0.15) is 0 Å². The van der Waals surface area contributed by atoms with Crippen LogP contribution in [0.2, 0.25) is 5.02 Å². The van der Waals surface area contributed by atoms with E-state index in [0.29, 0.717) is 29.7 Å². The predicted molar refractivity (Wildman–Crippen MR) is 106 cm³/mol. The number of benzene rings is 3. The van der Waals surface area contributed by atoms with Gasteiger partial charge in [-0.3, -0.25) is 0 Å². The first-order chi connectivity index (χ1) is 13.2. The Kier molecular flexibility index (Phi) is 6.44. The summed E-state index contributed by atoms with van der Waals surface area (Å²) in [5.74, 6) is 2.87. The number of hydrogen-bond acceptors (Lipinski definition) is 4. The Morgan fingerprint density at radius 3 is 1.59 bits per heavy atom. The van der Waals surface area contributed by atoms with Crippen LogP contribution in [0, 0.1) is 0 Å². The van der Waals surface area contributed by atoms with E-state index in [4.69, 9.17) is 30.5 Å². The van der Waals surface area contributed by atoms with Crippen molar-refractivity contribution in [1.82, 2.24) is 0 Å². The molecule has 0 fully saturated rings. The second kappa shape index (κ2) is 9.19. The molecule has 3 rings (SSSR count). The summed E-state index contributed by atoms with van der Waals surface area (Å²) in [6, 6.07) is 20.8. The molecule has 0 bridgehead atoms. The van der Waals surface area contributed by atoms with Gasteiger partial charge in [0.25, 0.3) is 0 Å². The van der Waals surface area contributed by atoms with E-state index in [1.165, 1.54) is 0 Å². The third-order valence-corrected chi connectivity index (χ3v) is 4.25. The molecule has 0 atom stereocenters. The number of ether oxygens (including phenoxy) is 4. The highest BCUT2D eigenvalue weighted by Gasteiger charge is 2.08. The molecule has 3 aromatic rings. The summed E-state index contributed by atoms with van der Waals surface area (Å²) in [6.45, 7) is 0.827. The van der Waals surface area contributed by atoms with E-state index >= 15 is 0 Å². The highest BCUT2D eigenvalue weighted by atomic mass is 35.5. The third kappa shape index (κ3) is 5.31. The zero-order valence-corrected chi connectivity index (χ0v) is 16.0. The first-order valence-electron chi connectivity index (χ1n) is 8.49. The summed E-state index contributed by atoms with van der Waals surface area (Å²) in [7, 11) is 3.29. The molecule has 4 nitrogen and oxygen atoms in total. The Morgan fingerprint density at radius 2 is 1.11 bits per heavy atom. The molecule has 0 N–H and O–H groups in total. The van der Waals surface area contributed by atoms with Crippen molar-refractivity contribution in [2.24, 2.45) is 0 Å². The molecule has 0 saturated heterocycles. The Hall–Kier alpha value is -2.85. The second-order valence-electron chi connectivity index (χ2n) is 5.86. The lowest BCUT2D eigenvalue weighted by Gasteiger charge is -2.14. The van der Waals surface area contributed by atoms with Gasteiger partial charge in [-0.1, -0.05) is 35.9 Å². The van der Waals surface area contributed by atoms with Gasteiger partial charge in [0.2, 0.25) is 0 Å². The zero-order chi connectivity index (χ0) is 19.1. The van der Waals surface area contributed by atoms with Crippen LogP contribution >= 0.6 is 11.6 Å². The van der Waals surface area contributed by atoms with Crippen molar-refractivity contribution in [2.45, 2.75) is 13.2 Å². The van der Waals surface area contributed by atoms with Crippen molar-refractivity contribution in [2.75, 3.05) is 14.2 Å². The quantitative estimate of drug-likeness (QED) is 0.512. The van der Waals surface area contributed by atoms with Crippen molar-refractivity contribution in [3.63, 3.8) is 0 Å². The fraction of sp³-hybridized carbons (Fsp3) is 0.182. The molecule has 140 valence electrons. The fourth-order valence-corrected chi connectivity index (χ4v) is 2.64. The summed E-state index contributed by atoms with van der Waals surface area (Å²) in [5, 5.41) is 0.594. The molecule has 0 saturated carbocycles. The van der Waals surface area contributed by atoms with Gasteiger partial charge in [-0.05, 0) is 47.5 Å². The Morgan fingerprint density at radius 1 is 0.630 bits per heavy atom. The monoisotopic (exact) mass is 384 g/mol. The summed E-state index contributed by atoms with van der Waals surface area (Å²) < 4.78 is 22.2. The third-order valence-electron chi connectivity index (χ3n) is 4.01. The summed E-state index contributed by atoms with van der Waals surface area (Å²) in [5.41, 5.74) is 2.06. The topological polar surface area (TPSA) is 36.9 Å². The van der Waals surface area contributed by atoms with Crippen LogP contribution in [0.25, 0.3) is 0 Å². The van der Waals surface area contributed by atoms with Gasteiger partial charge in [-0.25, -0.2) is 0 Å². The minimum atomic E-state index is 0.406. The average molecular weight is 385 g/mol. The molecule has 0 aliphatic heterocycles. The van der Waals surface area contributed by atoms with Gasteiger partial charge in [0.15, 0.2) is 11.5 Å². The molecule has 27 heavy (non-hydrogen) atoms. The van der Waals surface area contributed by atoms with Gasteiger partial charge < -0.3 is 18.9 Å². The van der Waals surface area contributed by atoms with Crippen molar-refractivity contribution in [1.29, 1.82) is 0 Å². The Balaban J connectivity index is 1.66. The second-order valence-corrected chi connectivity index (χ2v) is 6.30. The standard InChI is InChI=1S/C22H21ClO4/c1-24-19-8-3-16(4-9-19)14-26-21-12-7-18(23)13-22(21)27-15-17-5-10-20(25-2)11-6-17/h3-13H,14-15H2,1-2H3. The molecule has 0 spiro atoms. The molecule has 5 heteroatoms. The maximum Gasteiger partial charge on any atom is 0.163 e. The Bertz CT molecular complexity index is 860. The zero-order valence-electron chi connectivity index (χ0n) is 15.3. The van der Waals surface area contributed by atoms with Crippen molar-refractivity contribution < 1.29 is 18.9 Å². The van der Waals surface area contributed by atoms with E-state index in [9.17, 15) is 0 Å². The molecule has 0 aliphatic rings. The van der Waals surface area contributed by atoms with E-state index in [1.54, 1.807) is 26.4 Å². The largest absolute Gasteiger partial charge is 0.497 e. The highest BCUT2D eigenvalue weighted by molar-refractivity contribution is 6.30. The highest BCUT2D eigenvalue weighted by Crippen LogP contribution is 2.32. The fourth-order valence-electron chi connectivity index (χ4n) is 2.48. The van der Waals surface area contributed by atoms with Crippen LogP contribution in [0.5, 0.6) is 23.0 Å². The van der Waals surface area contributed by atoms with E-state index in [0.717, 1.165) is 22.6 Å².